The molecule has 1 saturated carbocycles. The molecule has 39 heavy (non-hydrogen) atoms. The SMILES string of the molecule is CC[C@@H](C)C(=O)N[C@H](C(=O)N1CC[C@@H]2[C@H]1[C@@H](C(=O)N(C)Cc1ccccc1)CN2S(C)(=O)=O)C1CCCCC1. The summed E-state index contributed by atoms with van der Waals surface area (Å²) in [7, 11) is -1.85. The summed E-state index contributed by atoms with van der Waals surface area (Å²) in [5, 5.41) is 3.08. The lowest BCUT2D eigenvalue weighted by atomic mass is 9.82. The minimum Gasteiger partial charge on any atom is -0.344 e. The first kappa shape index (κ1) is 29.5. The second-order valence-electron chi connectivity index (χ2n) is 11.7. The van der Waals surface area contributed by atoms with E-state index in [0.29, 0.717) is 25.9 Å². The van der Waals surface area contributed by atoms with Crippen molar-refractivity contribution >= 4 is 27.7 Å². The van der Waals surface area contributed by atoms with E-state index in [1.54, 1.807) is 16.8 Å². The number of likely N-dealkylation sites (tertiary alicyclic amines) is 1. The Bertz CT molecular complexity index is 1140. The molecule has 1 N–H and O–H groups in total. The maximum atomic E-state index is 14.2. The molecule has 2 aliphatic heterocycles. The maximum Gasteiger partial charge on any atom is 0.245 e. The fourth-order valence-corrected chi connectivity index (χ4v) is 7.78. The van der Waals surface area contributed by atoms with Crippen molar-refractivity contribution in [3.63, 3.8) is 0 Å². The third-order valence-electron chi connectivity index (χ3n) is 8.99. The second kappa shape index (κ2) is 12.4. The van der Waals surface area contributed by atoms with Gasteiger partial charge in [0.25, 0.3) is 0 Å². The van der Waals surface area contributed by atoms with E-state index in [-0.39, 0.29) is 36.1 Å². The van der Waals surface area contributed by atoms with Crippen molar-refractivity contribution in [1.29, 1.82) is 0 Å². The Hall–Kier alpha value is -2.46. The zero-order valence-corrected chi connectivity index (χ0v) is 24.5. The molecule has 4 rings (SSSR count). The van der Waals surface area contributed by atoms with Crippen molar-refractivity contribution in [2.45, 2.75) is 83.5 Å². The Kier molecular flexibility index (Phi) is 9.37. The molecule has 3 fully saturated rings. The molecule has 2 saturated heterocycles. The average molecular weight is 561 g/mol. The number of rotatable bonds is 9. The molecule has 0 aromatic heterocycles. The van der Waals surface area contributed by atoms with Crippen LogP contribution in [0.2, 0.25) is 0 Å². The van der Waals surface area contributed by atoms with Gasteiger partial charge in [0.2, 0.25) is 27.7 Å². The molecule has 0 unspecified atom stereocenters. The monoisotopic (exact) mass is 560 g/mol. The third-order valence-corrected chi connectivity index (χ3v) is 10.3. The number of sulfonamides is 1. The number of carbonyl (C=O) groups is 3. The Morgan fingerprint density at radius 2 is 1.74 bits per heavy atom. The quantitative estimate of drug-likeness (QED) is 0.500. The molecule has 1 aromatic rings. The Balaban J connectivity index is 1.61. The van der Waals surface area contributed by atoms with E-state index in [0.717, 1.165) is 37.7 Å². The summed E-state index contributed by atoms with van der Waals surface area (Å²) in [6, 6.07) is 8.00. The lowest BCUT2D eigenvalue weighted by Crippen LogP contribution is -2.57. The summed E-state index contributed by atoms with van der Waals surface area (Å²) in [6.45, 7) is 4.64. The smallest absolute Gasteiger partial charge is 0.245 e. The van der Waals surface area contributed by atoms with E-state index >= 15 is 0 Å². The summed E-state index contributed by atoms with van der Waals surface area (Å²) < 4.78 is 26.9. The zero-order chi connectivity index (χ0) is 28.3. The van der Waals surface area contributed by atoms with Crippen LogP contribution in [0.15, 0.2) is 30.3 Å². The molecule has 1 aliphatic carbocycles. The van der Waals surface area contributed by atoms with E-state index < -0.39 is 34.1 Å². The minimum absolute atomic E-state index is 0.0422. The van der Waals surface area contributed by atoms with Crippen LogP contribution in [0.4, 0.5) is 0 Å². The van der Waals surface area contributed by atoms with E-state index in [4.69, 9.17) is 0 Å². The van der Waals surface area contributed by atoms with Crippen molar-refractivity contribution in [2.24, 2.45) is 17.8 Å². The molecule has 0 spiro atoms. The van der Waals surface area contributed by atoms with Crippen LogP contribution >= 0.6 is 0 Å². The summed E-state index contributed by atoms with van der Waals surface area (Å²) in [4.78, 5) is 44.4. The normalized spacial score (nSPS) is 25.6. The van der Waals surface area contributed by atoms with Gasteiger partial charge in [-0.2, -0.15) is 4.31 Å². The van der Waals surface area contributed by atoms with Crippen LogP contribution in [0.1, 0.15) is 64.4 Å². The van der Waals surface area contributed by atoms with Gasteiger partial charge >= 0.3 is 0 Å². The highest BCUT2D eigenvalue weighted by Crippen LogP contribution is 2.39. The van der Waals surface area contributed by atoms with E-state index in [1.165, 1.54) is 10.6 Å². The van der Waals surface area contributed by atoms with Gasteiger partial charge in [-0.1, -0.05) is 63.4 Å². The van der Waals surface area contributed by atoms with Gasteiger partial charge in [-0.25, -0.2) is 8.42 Å². The molecule has 3 aliphatic rings. The number of amides is 3. The first-order valence-electron chi connectivity index (χ1n) is 14.4. The number of nitrogens with zero attached hydrogens (tertiary/aromatic N) is 3. The highest BCUT2D eigenvalue weighted by molar-refractivity contribution is 7.88. The first-order chi connectivity index (χ1) is 18.5. The van der Waals surface area contributed by atoms with Gasteiger partial charge in [-0.3, -0.25) is 14.4 Å². The molecule has 2 heterocycles. The fraction of sp³-hybridized carbons (Fsp3) is 0.690. The standard InChI is InChI=1S/C29H44N4O5S/c1-5-20(2)27(34)30-25(22-14-10-7-11-15-22)29(36)32-17-16-24-26(32)23(19-33(24)39(4,37)38)28(35)31(3)18-21-12-8-6-9-13-21/h6,8-9,12-13,20,22-26H,5,7,10-11,14-19H2,1-4H3,(H,30,34)/t20-,23+,24-,25+,26-/m1/s1. The summed E-state index contributed by atoms with van der Waals surface area (Å²) in [5.74, 6) is -1.30. The van der Waals surface area contributed by atoms with Gasteiger partial charge in [0.15, 0.2) is 0 Å². The van der Waals surface area contributed by atoms with Gasteiger partial charge in [0, 0.05) is 38.6 Å². The van der Waals surface area contributed by atoms with Crippen LogP contribution in [-0.2, 0) is 31.0 Å². The van der Waals surface area contributed by atoms with E-state index in [9.17, 15) is 22.8 Å². The molecular formula is C29H44N4O5S. The van der Waals surface area contributed by atoms with Crippen LogP contribution in [0, 0.1) is 17.8 Å². The summed E-state index contributed by atoms with van der Waals surface area (Å²) in [5.41, 5.74) is 0.979. The topological polar surface area (TPSA) is 107 Å². The molecule has 0 bridgehead atoms. The van der Waals surface area contributed by atoms with Crippen LogP contribution in [0.3, 0.4) is 0 Å². The summed E-state index contributed by atoms with van der Waals surface area (Å²) >= 11 is 0. The number of carbonyl (C=O) groups excluding carboxylic acids is 3. The van der Waals surface area contributed by atoms with Crippen LogP contribution in [-0.4, -0.2) is 84.8 Å². The predicted octanol–water partition coefficient (Wildman–Crippen LogP) is 2.62. The zero-order valence-electron chi connectivity index (χ0n) is 23.7. The maximum absolute atomic E-state index is 14.2. The molecule has 5 atom stereocenters. The van der Waals surface area contributed by atoms with Crippen molar-refractivity contribution in [3.8, 4) is 0 Å². The highest BCUT2D eigenvalue weighted by atomic mass is 32.2. The van der Waals surface area contributed by atoms with Gasteiger partial charge in [0.05, 0.1) is 18.2 Å². The van der Waals surface area contributed by atoms with Gasteiger partial charge in [0.1, 0.15) is 6.04 Å². The van der Waals surface area contributed by atoms with Gasteiger partial charge in [-0.05, 0) is 37.2 Å². The first-order valence-corrected chi connectivity index (χ1v) is 16.2. The molecule has 0 radical (unpaired) electrons. The number of hydrogen-bond donors (Lipinski definition) is 1. The Morgan fingerprint density at radius 1 is 1.08 bits per heavy atom. The predicted molar refractivity (Wildman–Crippen MR) is 150 cm³/mol. The van der Waals surface area contributed by atoms with Crippen LogP contribution < -0.4 is 5.32 Å². The summed E-state index contributed by atoms with van der Waals surface area (Å²) in [6.07, 6.45) is 7.24. The second-order valence-corrected chi connectivity index (χ2v) is 13.6. The Labute approximate surface area is 233 Å². The van der Waals surface area contributed by atoms with Gasteiger partial charge in [-0.15, -0.1) is 0 Å². The van der Waals surface area contributed by atoms with Crippen LogP contribution in [0.5, 0.6) is 0 Å². The van der Waals surface area contributed by atoms with Crippen molar-refractivity contribution < 1.29 is 22.8 Å². The molecule has 9 nitrogen and oxygen atoms in total. The van der Waals surface area contributed by atoms with E-state index in [2.05, 4.69) is 5.32 Å². The van der Waals surface area contributed by atoms with E-state index in [1.807, 2.05) is 44.2 Å². The number of fused-ring (bicyclic) bond motifs is 1. The number of benzene rings is 1. The average Bonchev–Trinajstić information content (AvgIpc) is 3.52. The molecule has 1 aromatic carbocycles. The highest BCUT2D eigenvalue weighted by Gasteiger charge is 2.56. The largest absolute Gasteiger partial charge is 0.344 e. The molecule has 3 amide bonds. The lowest BCUT2D eigenvalue weighted by Gasteiger charge is -2.37. The third kappa shape index (κ3) is 6.48. The number of nitrogens with one attached hydrogen (secondary N) is 1. The van der Waals surface area contributed by atoms with Crippen molar-refractivity contribution in [2.75, 3.05) is 26.4 Å². The number of hydrogen-bond acceptors (Lipinski definition) is 5. The minimum atomic E-state index is -3.58. The lowest BCUT2D eigenvalue weighted by molar-refractivity contribution is -0.143. The molecule has 216 valence electrons. The molecule has 10 heteroatoms. The fourth-order valence-electron chi connectivity index (χ4n) is 6.63. The van der Waals surface area contributed by atoms with Crippen LogP contribution in [0.25, 0.3) is 0 Å². The van der Waals surface area contributed by atoms with Crippen molar-refractivity contribution in [3.05, 3.63) is 35.9 Å². The van der Waals surface area contributed by atoms with Crippen molar-refractivity contribution in [1.82, 2.24) is 19.4 Å². The Morgan fingerprint density at radius 3 is 2.36 bits per heavy atom. The van der Waals surface area contributed by atoms with Gasteiger partial charge < -0.3 is 15.1 Å². The molecular weight excluding hydrogens is 516 g/mol.